The van der Waals surface area contributed by atoms with Crippen LogP contribution in [-0.2, 0) is 4.79 Å². The lowest BCUT2D eigenvalue weighted by Crippen LogP contribution is -2.06. The van der Waals surface area contributed by atoms with E-state index in [2.05, 4.69) is 22.1 Å². The molecule has 0 spiro atoms. The normalized spacial score (nSPS) is 9.94. The van der Waals surface area contributed by atoms with Crippen molar-refractivity contribution >= 4 is 22.4 Å². The summed E-state index contributed by atoms with van der Waals surface area (Å²) >= 11 is 1.10. The Labute approximate surface area is 101 Å². The number of amides is 1. The molecule has 0 radical (unpaired) electrons. The molecule has 0 saturated carbocycles. The Bertz CT molecular complexity index is 567. The second-order valence-corrected chi connectivity index (χ2v) is 4.06. The summed E-state index contributed by atoms with van der Waals surface area (Å²) in [5.74, 6) is -0.744. The SMILES string of the molecule is C=CC(=O)Nc1nnc(-c2ccccc2F)s1. The molecule has 0 fully saturated rings. The standard InChI is InChI=1S/C11H8FN3OS/c1-2-9(16)13-11-15-14-10(17-11)7-5-3-4-6-8(7)12/h2-6H,1H2,(H,13,15,16). The van der Waals surface area contributed by atoms with Crippen molar-refractivity contribution in [1.82, 2.24) is 10.2 Å². The fourth-order valence-corrected chi connectivity index (χ4v) is 1.95. The fourth-order valence-electron chi connectivity index (χ4n) is 1.17. The van der Waals surface area contributed by atoms with E-state index in [1.807, 2.05) is 0 Å². The van der Waals surface area contributed by atoms with Crippen LogP contribution in [0.2, 0.25) is 0 Å². The van der Waals surface area contributed by atoms with Crippen LogP contribution in [-0.4, -0.2) is 16.1 Å². The summed E-state index contributed by atoms with van der Waals surface area (Å²) in [5, 5.41) is 10.8. The van der Waals surface area contributed by atoms with Crippen molar-refractivity contribution in [3.8, 4) is 10.6 Å². The second-order valence-electron chi connectivity index (χ2n) is 3.09. The predicted octanol–water partition coefficient (Wildman–Crippen LogP) is 2.47. The van der Waals surface area contributed by atoms with Crippen LogP contribution in [0.4, 0.5) is 9.52 Å². The highest BCUT2D eigenvalue weighted by molar-refractivity contribution is 7.18. The topological polar surface area (TPSA) is 54.9 Å². The average molecular weight is 249 g/mol. The molecule has 0 aliphatic heterocycles. The number of hydrogen-bond acceptors (Lipinski definition) is 4. The third kappa shape index (κ3) is 2.54. The minimum absolute atomic E-state index is 0.313. The Hall–Kier alpha value is -2.08. The van der Waals surface area contributed by atoms with E-state index in [1.54, 1.807) is 18.2 Å². The summed E-state index contributed by atoms with van der Waals surface area (Å²) in [5.41, 5.74) is 0.365. The predicted molar refractivity (Wildman–Crippen MR) is 64.1 cm³/mol. The van der Waals surface area contributed by atoms with Crippen molar-refractivity contribution in [2.24, 2.45) is 0 Å². The molecule has 1 aromatic heterocycles. The van der Waals surface area contributed by atoms with Crippen LogP contribution >= 0.6 is 11.3 Å². The quantitative estimate of drug-likeness (QED) is 0.850. The van der Waals surface area contributed by atoms with Crippen LogP contribution in [0.15, 0.2) is 36.9 Å². The van der Waals surface area contributed by atoms with Gasteiger partial charge in [-0.15, -0.1) is 10.2 Å². The second kappa shape index (κ2) is 4.84. The molecule has 0 atom stereocenters. The number of hydrogen-bond donors (Lipinski definition) is 1. The van der Waals surface area contributed by atoms with Gasteiger partial charge in [0.2, 0.25) is 11.0 Å². The first kappa shape index (κ1) is 11.4. The number of carbonyl (C=O) groups excluding carboxylic acids is 1. The summed E-state index contributed by atoms with van der Waals surface area (Å²) in [6.07, 6.45) is 1.13. The van der Waals surface area contributed by atoms with Crippen molar-refractivity contribution in [2.45, 2.75) is 0 Å². The van der Waals surface area contributed by atoms with Gasteiger partial charge in [0, 0.05) is 5.56 Å². The molecule has 1 amide bonds. The lowest BCUT2D eigenvalue weighted by Gasteiger charge is -1.95. The van der Waals surface area contributed by atoms with Gasteiger partial charge in [0.15, 0.2) is 5.01 Å². The van der Waals surface area contributed by atoms with Crippen molar-refractivity contribution in [1.29, 1.82) is 0 Å². The van der Waals surface area contributed by atoms with E-state index in [9.17, 15) is 9.18 Å². The lowest BCUT2D eigenvalue weighted by atomic mass is 10.2. The molecule has 0 unspecified atom stereocenters. The van der Waals surface area contributed by atoms with Gasteiger partial charge in [-0.2, -0.15) is 0 Å². The Morgan fingerprint density at radius 1 is 1.41 bits per heavy atom. The molecule has 2 rings (SSSR count). The minimum atomic E-state index is -0.374. The van der Waals surface area contributed by atoms with E-state index in [4.69, 9.17) is 0 Å². The Morgan fingerprint density at radius 3 is 2.88 bits per heavy atom. The highest BCUT2D eigenvalue weighted by Crippen LogP contribution is 2.27. The molecule has 1 heterocycles. The van der Waals surface area contributed by atoms with Gasteiger partial charge in [-0.25, -0.2) is 4.39 Å². The zero-order valence-electron chi connectivity index (χ0n) is 8.68. The van der Waals surface area contributed by atoms with Crippen molar-refractivity contribution in [3.63, 3.8) is 0 Å². The maximum Gasteiger partial charge on any atom is 0.249 e. The number of rotatable bonds is 3. The maximum atomic E-state index is 13.4. The largest absolute Gasteiger partial charge is 0.297 e. The van der Waals surface area contributed by atoms with Gasteiger partial charge < -0.3 is 0 Å². The third-order valence-corrected chi connectivity index (χ3v) is 2.82. The van der Waals surface area contributed by atoms with Gasteiger partial charge in [0.25, 0.3) is 0 Å². The van der Waals surface area contributed by atoms with Gasteiger partial charge in [-0.05, 0) is 18.2 Å². The van der Waals surface area contributed by atoms with Crippen LogP contribution in [0.1, 0.15) is 0 Å². The van der Waals surface area contributed by atoms with E-state index in [1.165, 1.54) is 6.07 Å². The summed E-state index contributed by atoms with van der Waals surface area (Å²) in [6, 6.07) is 6.26. The molecule has 1 N–H and O–H groups in total. The first-order chi connectivity index (χ1) is 8.20. The number of benzene rings is 1. The molecule has 17 heavy (non-hydrogen) atoms. The Kier molecular flexibility index (Phi) is 3.24. The maximum absolute atomic E-state index is 13.4. The van der Waals surface area contributed by atoms with Crippen molar-refractivity contribution in [3.05, 3.63) is 42.7 Å². The zero-order valence-corrected chi connectivity index (χ0v) is 9.50. The molecular weight excluding hydrogens is 241 g/mol. The van der Waals surface area contributed by atoms with E-state index in [0.717, 1.165) is 17.4 Å². The Balaban J connectivity index is 2.27. The third-order valence-electron chi connectivity index (χ3n) is 1.94. The highest BCUT2D eigenvalue weighted by atomic mass is 32.1. The molecule has 4 nitrogen and oxygen atoms in total. The number of nitrogens with zero attached hydrogens (tertiary/aromatic N) is 2. The van der Waals surface area contributed by atoms with Gasteiger partial charge in [-0.1, -0.05) is 30.0 Å². The number of nitrogens with one attached hydrogen (secondary N) is 1. The monoisotopic (exact) mass is 249 g/mol. The van der Waals surface area contributed by atoms with Crippen molar-refractivity contribution < 1.29 is 9.18 Å². The van der Waals surface area contributed by atoms with Gasteiger partial charge in [-0.3, -0.25) is 10.1 Å². The first-order valence-corrected chi connectivity index (χ1v) is 5.54. The first-order valence-electron chi connectivity index (χ1n) is 4.72. The number of carbonyl (C=O) groups is 1. The zero-order chi connectivity index (χ0) is 12.3. The molecule has 0 bridgehead atoms. The molecule has 1 aromatic carbocycles. The molecule has 0 aliphatic rings. The minimum Gasteiger partial charge on any atom is -0.297 e. The number of halogens is 1. The summed E-state index contributed by atoms with van der Waals surface area (Å²) in [7, 11) is 0. The van der Waals surface area contributed by atoms with Gasteiger partial charge in [0.1, 0.15) is 5.82 Å². The van der Waals surface area contributed by atoms with Gasteiger partial charge >= 0.3 is 0 Å². The summed E-state index contributed by atoms with van der Waals surface area (Å²) < 4.78 is 13.4. The van der Waals surface area contributed by atoms with E-state index < -0.39 is 0 Å². The lowest BCUT2D eigenvalue weighted by molar-refractivity contribution is -0.111. The van der Waals surface area contributed by atoms with Crippen LogP contribution in [0, 0.1) is 5.82 Å². The van der Waals surface area contributed by atoms with E-state index >= 15 is 0 Å². The molecule has 6 heteroatoms. The molecule has 2 aromatic rings. The highest BCUT2D eigenvalue weighted by Gasteiger charge is 2.11. The van der Waals surface area contributed by atoms with Crippen LogP contribution in [0.25, 0.3) is 10.6 Å². The fraction of sp³-hybridized carbons (Fsp3) is 0. The average Bonchev–Trinajstić information content (AvgIpc) is 2.78. The van der Waals surface area contributed by atoms with Gasteiger partial charge in [0.05, 0.1) is 0 Å². The molecular formula is C11H8FN3OS. The number of anilines is 1. The van der Waals surface area contributed by atoms with Crippen LogP contribution in [0.5, 0.6) is 0 Å². The van der Waals surface area contributed by atoms with Crippen LogP contribution < -0.4 is 5.32 Å². The summed E-state index contributed by atoms with van der Waals surface area (Å²) in [6.45, 7) is 3.32. The molecule has 0 aliphatic carbocycles. The smallest absolute Gasteiger partial charge is 0.249 e. The van der Waals surface area contributed by atoms with Crippen molar-refractivity contribution in [2.75, 3.05) is 5.32 Å². The molecule has 86 valence electrons. The summed E-state index contributed by atoms with van der Waals surface area (Å²) in [4.78, 5) is 11.0. The molecule has 0 saturated heterocycles. The number of aromatic nitrogens is 2. The van der Waals surface area contributed by atoms with E-state index in [0.29, 0.717) is 15.7 Å². The van der Waals surface area contributed by atoms with Crippen LogP contribution in [0.3, 0.4) is 0 Å². The Morgan fingerprint density at radius 2 is 2.18 bits per heavy atom. The van der Waals surface area contributed by atoms with E-state index in [-0.39, 0.29) is 11.7 Å².